The number of carbonyl (C=O) groups excluding carboxylic acids is 1. The summed E-state index contributed by atoms with van der Waals surface area (Å²) < 4.78 is 23.0. The molecule has 1 amide bonds. The van der Waals surface area contributed by atoms with Crippen LogP contribution in [0, 0.1) is 5.82 Å². The van der Waals surface area contributed by atoms with Gasteiger partial charge in [0.05, 0.1) is 28.9 Å². The maximum Gasteiger partial charge on any atom is 0.272 e. The van der Waals surface area contributed by atoms with Crippen molar-refractivity contribution < 1.29 is 13.9 Å². The summed E-state index contributed by atoms with van der Waals surface area (Å²) in [5.41, 5.74) is 0.989. The summed E-state index contributed by atoms with van der Waals surface area (Å²) in [7, 11) is 0. The predicted molar refractivity (Wildman–Crippen MR) is 122 cm³/mol. The number of ether oxygens (including phenoxy) is 1. The Morgan fingerprint density at radius 2 is 2.25 bits per heavy atom. The highest BCUT2D eigenvalue weighted by atomic mass is 35.5. The van der Waals surface area contributed by atoms with Crippen molar-refractivity contribution in [2.75, 3.05) is 17.7 Å². The minimum Gasteiger partial charge on any atom is -0.376 e. The lowest BCUT2D eigenvalue weighted by atomic mass is 10.2. The molecule has 32 heavy (non-hydrogen) atoms. The molecule has 1 N–H and O–H groups in total. The molecule has 1 saturated heterocycles. The maximum atomic E-state index is 13.3. The van der Waals surface area contributed by atoms with Crippen molar-refractivity contribution >= 4 is 62.3 Å². The lowest BCUT2D eigenvalue weighted by molar-refractivity contribution is -0.113. The third-order valence-electron chi connectivity index (χ3n) is 5.13. The second-order valence-corrected chi connectivity index (χ2v) is 9.54. The largest absolute Gasteiger partial charge is 0.376 e. The molecule has 4 heterocycles. The molecule has 4 aromatic rings. The topological polar surface area (TPSA) is 90.5 Å². The highest BCUT2D eigenvalue weighted by Gasteiger charge is 2.23. The number of fused-ring (bicyclic) bond motifs is 3. The number of thioether (sulfide) groups is 1. The number of halogens is 2. The maximum absolute atomic E-state index is 13.3. The van der Waals surface area contributed by atoms with E-state index in [1.54, 1.807) is 8.97 Å². The van der Waals surface area contributed by atoms with Gasteiger partial charge in [-0.2, -0.15) is 0 Å². The van der Waals surface area contributed by atoms with Crippen LogP contribution in [0.15, 0.2) is 39.6 Å². The molecule has 1 unspecified atom stereocenters. The fourth-order valence-corrected chi connectivity index (χ4v) is 5.40. The van der Waals surface area contributed by atoms with E-state index in [4.69, 9.17) is 16.3 Å². The smallest absolute Gasteiger partial charge is 0.272 e. The van der Waals surface area contributed by atoms with Crippen molar-refractivity contribution in [2.24, 2.45) is 0 Å². The zero-order valence-electron chi connectivity index (χ0n) is 16.6. The van der Waals surface area contributed by atoms with Crippen molar-refractivity contribution in [2.45, 2.75) is 30.6 Å². The van der Waals surface area contributed by atoms with Crippen LogP contribution in [-0.4, -0.2) is 43.5 Å². The number of carbonyl (C=O) groups is 1. The van der Waals surface area contributed by atoms with Crippen molar-refractivity contribution in [3.63, 3.8) is 0 Å². The lowest BCUT2D eigenvalue weighted by Crippen LogP contribution is -2.28. The van der Waals surface area contributed by atoms with Gasteiger partial charge in [-0.25, -0.2) is 4.39 Å². The van der Waals surface area contributed by atoms with Gasteiger partial charge in [0.25, 0.3) is 5.56 Å². The summed E-state index contributed by atoms with van der Waals surface area (Å²) in [6, 6.07) is 5.83. The third kappa shape index (κ3) is 4.01. The van der Waals surface area contributed by atoms with Gasteiger partial charge in [0, 0.05) is 12.3 Å². The molecular formula is C20H17ClFN5O3S2. The Morgan fingerprint density at radius 1 is 1.38 bits per heavy atom. The first kappa shape index (κ1) is 21.4. The number of rotatable bonds is 6. The molecule has 0 radical (unpaired) electrons. The molecular weight excluding hydrogens is 477 g/mol. The van der Waals surface area contributed by atoms with Gasteiger partial charge in [0.2, 0.25) is 11.7 Å². The average Bonchev–Trinajstić information content (AvgIpc) is 3.52. The molecule has 1 atom stereocenters. The summed E-state index contributed by atoms with van der Waals surface area (Å²) >= 11 is 8.32. The number of benzene rings is 1. The van der Waals surface area contributed by atoms with Gasteiger partial charge in [-0.1, -0.05) is 23.4 Å². The Hall–Kier alpha value is -2.47. The quantitative estimate of drug-likeness (QED) is 0.411. The highest BCUT2D eigenvalue weighted by Crippen LogP contribution is 2.26. The molecule has 1 aromatic carbocycles. The van der Waals surface area contributed by atoms with Gasteiger partial charge >= 0.3 is 0 Å². The standard InChI is InChI=1S/C20H17ClFN5O3S2/c21-13-8-11(3-4-14(13)22)23-16(28)10-32-20-25-24-19-26(9-12-2-1-6-30-12)18(29)17-15(27(19)20)5-7-31-17/h3-5,7-8,12H,1-2,6,9-10H2,(H,23,28). The van der Waals surface area contributed by atoms with Crippen LogP contribution in [0.5, 0.6) is 0 Å². The molecule has 12 heteroatoms. The van der Waals surface area contributed by atoms with Crippen LogP contribution in [0.4, 0.5) is 10.1 Å². The van der Waals surface area contributed by atoms with Crippen molar-refractivity contribution in [3.05, 3.63) is 50.8 Å². The lowest BCUT2D eigenvalue weighted by Gasteiger charge is -2.13. The number of nitrogens with zero attached hydrogens (tertiary/aromatic N) is 4. The number of anilines is 1. The fourth-order valence-electron chi connectivity index (χ4n) is 3.65. The van der Waals surface area contributed by atoms with Crippen LogP contribution >= 0.6 is 34.7 Å². The van der Waals surface area contributed by atoms with Crippen LogP contribution in [0.1, 0.15) is 12.8 Å². The van der Waals surface area contributed by atoms with E-state index in [9.17, 15) is 14.0 Å². The Morgan fingerprint density at radius 3 is 3.03 bits per heavy atom. The third-order valence-corrected chi connectivity index (χ3v) is 7.24. The molecule has 0 aliphatic carbocycles. The van der Waals surface area contributed by atoms with Crippen molar-refractivity contribution in [1.29, 1.82) is 0 Å². The van der Waals surface area contributed by atoms with E-state index in [2.05, 4.69) is 15.5 Å². The minimum absolute atomic E-state index is 0.0324. The van der Waals surface area contributed by atoms with Gasteiger partial charge < -0.3 is 10.1 Å². The Bertz CT molecular complexity index is 1380. The first-order valence-electron chi connectivity index (χ1n) is 9.85. The Labute approximate surface area is 194 Å². The number of hydrogen-bond donors (Lipinski definition) is 1. The second-order valence-electron chi connectivity index (χ2n) is 7.27. The van der Waals surface area contributed by atoms with E-state index in [0.717, 1.165) is 12.8 Å². The molecule has 8 nitrogen and oxygen atoms in total. The molecule has 0 bridgehead atoms. The molecule has 1 fully saturated rings. The SMILES string of the molecule is O=C(CSc1nnc2n(CC3CCCO3)c(=O)c3sccc3n12)Nc1ccc(F)c(Cl)c1. The van der Waals surface area contributed by atoms with Gasteiger partial charge in [-0.15, -0.1) is 21.5 Å². The highest BCUT2D eigenvalue weighted by molar-refractivity contribution is 7.99. The van der Waals surface area contributed by atoms with E-state index >= 15 is 0 Å². The minimum atomic E-state index is -0.553. The summed E-state index contributed by atoms with van der Waals surface area (Å²) in [5.74, 6) is -0.386. The van der Waals surface area contributed by atoms with Crippen molar-refractivity contribution in [1.82, 2.24) is 19.2 Å². The fraction of sp³-hybridized carbons (Fsp3) is 0.300. The monoisotopic (exact) mass is 493 g/mol. The summed E-state index contributed by atoms with van der Waals surface area (Å²) in [5, 5.41) is 13.4. The second kappa shape index (κ2) is 8.81. The van der Waals surface area contributed by atoms with Crippen LogP contribution in [0.25, 0.3) is 16.0 Å². The number of nitrogens with one attached hydrogen (secondary N) is 1. The zero-order valence-corrected chi connectivity index (χ0v) is 19.0. The van der Waals surface area contributed by atoms with E-state index in [0.29, 0.717) is 40.0 Å². The molecule has 3 aromatic heterocycles. The Kier molecular flexibility index (Phi) is 5.89. The summed E-state index contributed by atoms with van der Waals surface area (Å²) in [4.78, 5) is 25.5. The van der Waals surface area contributed by atoms with Gasteiger partial charge in [-0.3, -0.25) is 18.6 Å². The molecule has 1 aliphatic rings. The number of thiophene rings is 1. The van der Waals surface area contributed by atoms with E-state index in [1.165, 1.54) is 41.3 Å². The summed E-state index contributed by atoms with van der Waals surface area (Å²) in [6.07, 6.45) is 1.83. The average molecular weight is 494 g/mol. The van der Waals surface area contributed by atoms with Crippen LogP contribution in [-0.2, 0) is 16.1 Å². The van der Waals surface area contributed by atoms with Gasteiger partial charge in [0.1, 0.15) is 10.5 Å². The summed E-state index contributed by atoms with van der Waals surface area (Å²) in [6.45, 7) is 1.10. The van der Waals surface area contributed by atoms with E-state index in [1.807, 2.05) is 11.4 Å². The predicted octanol–water partition coefficient (Wildman–Crippen LogP) is 3.81. The van der Waals surface area contributed by atoms with Crippen LogP contribution < -0.4 is 10.9 Å². The number of amides is 1. The van der Waals surface area contributed by atoms with Gasteiger partial charge in [0.15, 0.2) is 5.16 Å². The first-order chi connectivity index (χ1) is 15.5. The van der Waals surface area contributed by atoms with Crippen LogP contribution in [0.2, 0.25) is 5.02 Å². The van der Waals surface area contributed by atoms with Gasteiger partial charge in [-0.05, 0) is 42.5 Å². The molecule has 0 saturated carbocycles. The Balaban J connectivity index is 1.42. The molecule has 166 valence electrons. The molecule has 1 aliphatic heterocycles. The number of aromatic nitrogens is 4. The molecule has 5 rings (SSSR count). The van der Waals surface area contributed by atoms with E-state index < -0.39 is 5.82 Å². The number of hydrogen-bond acceptors (Lipinski definition) is 7. The normalized spacial score (nSPS) is 16.2. The van der Waals surface area contributed by atoms with Crippen molar-refractivity contribution in [3.8, 4) is 0 Å². The van der Waals surface area contributed by atoms with Crippen LogP contribution in [0.3, 0.4) is 0 Å². The zero-order chi connectivity index (χ0) is 22.2. The first-order valence-corrected chi connectivity index (χ1v) is 12.1. The molecule has 0 spiro atoms. The van der Waals surface area contributed by atoms with E-state index in [-0.39, 0.29) is 28.3 Å².